The van der Waals surface area contributed by atoms with E-state index in [0.29, 0.717) is 6.54 Å². The fraction of sp³-hybridized carbons (Fsp3) is 0.545. The van der Waals surface area contributed by atoms with Crippen LogP contribution in [0.5, 0.6) is 0 Å². The van der Waals surface area contributed by atoms with Crippen LogP contribution in [-0.2, 0) is 9.84 Å². The van der Waals surface area contributed by atoms with Gasteiger partial charge in [-0.05, 0) is 28.4 Å². The molecule has 1 unspecified atom stereocenters. The Balaban J connectivity index is 2.00. The first-order valence-electron chi connectivity index (χ1n) is 5.92. The van der Waals surface area contributed by atoms with Gasteiger partial charge in [0.05, 0.1) is 17.2 Å². The molecule has 2 aliphatic heterocycles. The van der Waals surface area contributed by atoms with Crippen molar-refractivity contribution < 1.29 is 8.42 Å². The molecule has 98 valence electrons. The topological polar surface area (TPSA) is 62.3 Å². The molecule has 0 spiro atoms. The van der Waals surface area contributed by atoms with Gasteiger partial charge < -0.3 is 10.2 Å². The second-order valence-corrected chi connectivity index (χ2v) is 7.85. The number of rotatable bonds is 0. The third-order valence-corrected chi connectivity index (χ3v) is 5.56. The Hall–Kier alpha value is -0.820. The Morgan fingerprint density at radius 1 is 1.50 bits per heavy atom. The van der Waals surface area contributed by atoms with E-state index >= 15 is 0 Å². The third kappa shape index (κ3) is 2.21. The normalized spacial score (nSPS) is 25.6. The van der Waals surface area contributed by atoms with Crippen LogP contribution in [0.25, 0.3) is 0 Å². The molecule has 1 fully saturated rings. The molecule has 18 heavy (non-hydrogen) atoms. The van der Waals surface area contributed by atoms with Gasteiger partial charge in [-0.15, -0.1) is 0 Å². The van der Waals surface area contributed by atoms with E-state index in [9.17, 15) is 8.42 Å². The van der Waals surface area contributed by atoms with Crippen molar-refractivity contribution in [3.05, 3.63) is 16.7 Å². The van der Waals surface area contributed by atoms with Gasteiger partial charge >= 0.3 is 0 Å². The van der Waals surface area contributed by atoms with Gasteiger partial charge in [0.2, 0.25) is 0 Å². The maximum absolute atomic E-state index is 11.7. The Morgan fingerprint density at radius 2 is 2.33 bits per heavy atom. The monoisotopic (exact) mass is 331 g/mol. The number of anilines is 2. The van der Waals surface area contributed by atoms with E-state index in [1.807, 2.05) is 6.07 Å². The van der Waals surface area contributed by atoms with Crippen LogP contribution in [0.15, 0.2) is 16.7 Å². The molecule has 1 atom stereocenters. The summed E-state index contributed by atoms with van der Waals surface area (Å²) in [6.45, 7) is 1.32. The van der Waals surface area contributed by atoms with Crippen LogP contribution >= 0.6 is 15.9 Å². The number of aromatic nitrogens is 1. The number of nitrogens with zero attached hydrogens (tertiary/aromatic N) is 2. The van der Waals surface area contributed by atoms with Crippen LogP contribution in [0.2, 0.25) is 0 Å². The fourth-order valence-electron chi connectivity index (χ4n) is 2.57. The predicted molar refractivity (Wildman–Crippen MR) is 74.8 cm³/mol. The van der Waals surface area contributed by atoms with E-state index < -0.39 is 9.84 Å². The third-order valence-electron chi connectivity index (χ3n) is 3.43. The highest BCUT2D eigenvalue weighted by molar-refractivity contribution is 9.10. The summed E-state index contributed by atoms with van der Waals surface area (Å²) in [7, 11) is -2.89. The van der Waals surface area contributed by atoms with Gasteiger partial charge in [-0.25, -0.2) is 13.4 Å². The van der Waals surface area contributed by atoms with E-state index in [-0.39, 0.29) is 17.5 Å². The summed E-state index contributed by atoms with van der Waals surface area (Å²) >= 11 is 3.41. The Bertz CT molecular complexity index is 576. The summed E-state index contributed by atoms with van der Waals surface area (Å²) in [4.78, 5) is 6.56. The smallest absolute Gasteiger partial charge is 0.154 e. The number of hydrogen-bond donors (Lipinski definition) is 1. The molecular formula is C11H14BrN3O2S. The van der Waals surface area contributed by atoms with Crippen molar-refractivity contribution in [3.8, 4) is 0 Å². The summed E-state index contributed by atoms with van der Waals surface area (Å²) in [5.41, 5.74) is 0.978. The lowest BCUT2D eigenvalue weighted by Crippen LogP contribution is -2.48. The predicted octanol–water partition coefficient (Wildman–Crippen LogP) is 1.26. The minimum atomic E-state index is -2.89. The van der Waals surface area contributed by atoms with Crippen molar-refractivity contribution in [1.82, 2.24) is 4.98 Å². The van der Waals surface area contributed by atoms with E-state index in [0.717, 1.165) is 28.9 Å². The Kier molecular flexibility index (Phi) is 2.97. The minimum absolute atomic E-state index is 0.0474. The van der Waals surface area contributed by atoms with Gasteiger partial charge in [0, 0.05) is 29.8 Å². The van der Waals surface area contributed by atoms with Crippen molar-refractivity contribution >= 4 is 37.3 Å². The highest BCUT2D eigenvalue weighted by atomic mass is 79.9. The van der Waals surface area contributed by atoms with Crippen molar-refractivity contribution in [1.29, 1.82) is 0 Å². The molecule has 5 nitrogen and oxygen atoms in total. The lowest BCUT2D eigenvalue weighted by atomic mass is 10.2. The molecule has 0 amide bonds. The second-order valence-electron chi connectivity index (χ2n) is 4.70. The SMILES string of the molecule is O=S1(=O)CCN2c3ncc(Br)cc3NCCC2C1. The first-order valence-corrected chi connectivity index (χ1v) is 8.53. The zero-order valence-electron chi connectivity index (χ0n) is 9.76. The zero-order chi connectivity index (χ0) is 12.8. The minimum Gasteiger partial charge on any atom is -0.382 e. The van der Waals surface area contributed by atoms with Crippen LogP contribution in [0.1, 0.15) is 6.42 Å². The van der Waals surface area contributed by atoms with E-state index in [1.165, 1.54) is 0 Å². The maximum atomic E-state index is 11.7. The van der Waals surface area contributed by atoms with Crippen molar-refractivity contribution in [3.63, 3.8) is 0 Å². The van der Waals surface area contributed by atoms with Gasteiger partial charge in [0.1, 0.15) is 0 Å². The van der Waals surface area contributed by atoms with E-state index in [1.54, 1.807) is 6.20 Å². The molecule has 0 saturated carbocycles. The molecule has 3 rings (SSSR count). The molecule has 1 aromatic rings. The fourth-order valence-corrected chi connectivity index (χ4v) is 4.47. The van der Waals surface area contributed by atoms with Gasteiger partial charge in [0.15, 0.2) is 15.7 Å². The lowest BCUT2D eigenvalue weighted by Gasteiger charge is -2.35. The van der Waals surface area contributed by atoms with Crippen molar-refractivity contribution in [2.75, 3.05) is 34.8 Å². The number of hydrogen-bond acceptors (Lipinski definition) is 5. The van der Waals surface area contributed by atoms with Crippen LogP contribution in [0.3, 0.4) is 0 Å². The largest absolute Gasteiger partial charge is 0.382 e. The molecule has 2 aliphatic rings. The molecule has 7 heteroatoms. The molecule has 3 heterocycles. The number of fused-ring (bicyclic) bond motifs is 3. The zero-order valence-corrected chi connectivity index (χ0v) is 12.2. The summed E-state index contributed by atoms with van der Waals surface area (Å²) in [5, 5.41) is 3.32. The van der Waals surface area contributed by atoms with Crippen LogP contribution in [0.4, 0.5) is 11.5 Å². The van der Waals surface area contributed by atoms with Gasteiger partial charge in [-0.3, -0.25) is 0 Å². The lowest BCUT2D eigenvalue weighted by molar-refractivity contribution is 0.548. The van der Waals surface area contributed by atoms with E-state index in [2.05, 4.69) is 31.1 Å². The van der Waals surface area contributed by atoms with Crippen LogP contribution in [0, 0.1) is 0 Å². The van der Waals surface area contributed by atoms with Gasteiger partial charge in [-0.2, -0.15) is 0 Å². The first kappa shape index (κ1) is 12.2. The van der Waals surface area contributed by atoms with Crippen molar-refractivity contribution in [2.45, 2.75) is 12.5 Å². The summed E-state index contributed by atoms with van der Waals surface area (Å²) in [6, 6.07) is 2.04. The average Bonchev–Trinajstić information content (AvgIpc) is 2.45. The highest BCUT2D eigenvalue weighted by Crippen LogP contribution is 2.32. The average molecular weight is 332 g/mol. The Morgan fingerprint density at radius 3 is 3.17 bits per heavy atom. The summed E-state index contributed by atoms with van der Waals surface area (Å²) < 4.78 is 24.3. The number of pyridine rings is 1. The Labute approximate surface area is 115 Å². The molecule has 1 saturated heterocycles. The summed E-state index contributed by atoms with van der Waals surface area (Å²) in [6.07, 6.45) is 2.58. The maximum Gasteiger partial charge on any atom is 0.154 e. The standard InChI is InChI=1S/C11H14BrN3O2S/c12-8-5-10-11(14-6-8)15-3-4-18(16,17)7-9(15)1-2-13-10/h5-6,9,13H,1-4,7H2. The van der Waals surface area contributed by atoms with Crippen molar-refractivity contribution in [2.24, 2.45) is 0 Å². The molecule has 1 aromatic heterocycles. The quantitative estimate of drug-likeness (QED) is 0.775. The first-order chi connectivity index (χ1) is 8.55. The van der Waals surface area contributed by atoms with Gasteiger partial charge in [-0.1, -0.05) is 0 Å². The van der Waals surface area contributed by atoms with E-state index in [4.69, 9.17) is 0 Å². The number of nitrogens with one attached hydrogen (secondary N) is 1. The van der Waals surface area contributed by atoms with Crippen LogP contribution in [-0.4, -0.2) is 44.0 Å². The second kappa shape index (κ2) is 4.38. The molecule has 0 bridgehead atoms. The molecular weight excluding hydrogens is 318 g/mol. The number of sulfone groups is 1. The number of halogens is 1. The molecule has 0 aromatic carbocycles. The molecule has 0 aliphatic carbocycles. The highest BCUT2D eigenvalue weighted by Gasteiger charge is 2.34. The summed E-state index contributed by atoms with van der Waals surface area (Å²) in [5.74, 6) is 1.34. The van der Waals surface area contributed by atoms with Gasteiger partial charge in [0.25, 0.3) is 0 Å². The van der Waals surface area contributed by atoms with Crippen LogP contribution < -0.4 is 10.2 Å². The molecule has 1 N–H and O–H groups in total. The molecule has 0 radical (unpaired) electrons.